The van der Waals surface area contributed by atoms with Crippen molar-refractivity contribution < 1.29 is 4.48 Å². The first-order valence-electron chi connectivity index (χ1n) is 4.49. The topological polar surface area (TPSA) is 0 Å². The van der Waals surface area contributed by atoms with E-state index in [9.17, 15) is 0 Å². The van der Waals surface area contributed by atoms with E-state index in [0.29, 0.717) is 0 Å². The lowest BCUT2D eigenvalue weighted by atomic mass is 9.98. The van der Waals surface area contributed by atoms with Gasteiger partial charge in [0.1, 0.15) is 0 Å². The van der Waals surface area contributed by atoms with E-state index in [1.807, 2.05) is 0 Å². The molecule has 1 aliphatic heterocycles. The van der Waals surface area contributed by atoms with Crippen molar-refractivity contribution in [2.24, 2.45) is 0 Å². The predicted octanol–water partition coefficient (Wildman–Crippen LogP) is 2.03. The van der Waals surface area contributed by atoms with Gasteiger partial charge in [-0.15, -0.1) is 0 Å². The summed E-state index contributed by atoms with van der Waals surface area (Å²) in [4.78, 5) is 0. The fraction of sp³-hybridized carbons (Fsp3) is 1.00. The Morgan fingerprint density at radius 1 is 1.30 bits per heavy atom. The fourth-order valence-electron chi connectivity index (χ4n) is 2.13. The van der Waals surface area contributed by atoms with E-state index >= 15 is 0 Å². The van der Waals surface area contributed by atoms with Crippen molar-refractivity contribution in [2.45, 2.75) is 38.6 Å². The lowest BCUT2D eigenvalue weighted by Gasteiger charge is -2.41. The third-order valence-corrected chi connectivity index (χ3v) is 2.98. The van der Waals surface area contributed by atoms with Crippen LogP contribution in [0.4, 0.5) is 0 Å². The van der Waals surface area contributed by atoms with Crippen LogP contribution in [-0.4, -0.2) is 31.2 Å². The zero-order valence-electron chi connectivity index (χ0n) is 7.56. The summed E-state index contributed by atoms with van der Waals surface area (Å²) in [6.07, 6.45) is 5.69. The van der Waals surface area contributed by atoms with Crippen LogP contribution >= 0.6 is 0 Å². The Labute approximate surface area is 64.6 Å². The lowest BCUT2D eigenvalue weighted by Crippen LogP contribution is -2.51. The standard InChI is InChI=1S/C9H20N/c1-4-9-7-5-6-8-10(9,2)3/h9H,4-8H2,1-3H3/q+1/t9-/m1/s1. The van der Waals surface area contributed by atoms with Crippen molar-refractivity contribution in [3.63, 3.8) is 0 Å². The second kappa shape index (κ2) is 2.91. The van der Waals surface area contributed by atoms with E-state index in [1.165, 1.54) is 36.7 Å². The molecule has 60 valence electrons. The summed E-state index contributed by atoms with van der Waals surface area (Å²) in [7, 11) is 4.74. The van der Waals surface area contributed by atoms with Gasteiger partial charge in [-0.05, 0) is 25.7 Å². The molecule has 10 heavy (non-hydrogen) atoms. The summed E-state index contributed by atoms with van der Waals surface area (Å²) in [5, 5.41) is 0. The number of hydrogen-bond donors (Lipinski definition) is 0. The number of nitrogens with zero attached hydrogens (tertiary/aromatic N) is 1. The minimum Gasteiger partial charge on any atom is -0.326 e. The van der Waals surface area contributed by atoms with Gasteiger partial charge in [0.05, 0.1) is 26.7 Å². The fourth-order valence-corrected chi connectivity index (χ4v) is 2.13. The van der Waals surface area contributed by atoms with Crippen LogP contribution < -0.4 is 0 Å². The predicted molar refractivity (Wildman–Crippen MR) is 44.9 cm³/mol. The maximum atomic E-state index is 2.37. The highest BCUT2D eigenvalue weighted by molar-refractivity contribution is 4.61. The molecule has 1 heterocycles. The van der Waals surface area contributed by atoms with E-state index < -0.39 is 0 Å². The Balaban J connectivity index is 2.51. The molecule has 0 amide bonds. The normalized spacial score (nSPS) is 32.1. The first kappa shape index (κ1) is 8.06. The smallest absolute Gasteiger partial charge is 0.0883 e. The minimum atomic E-state index is 0.939. The van der Waals surface area contributed by atoms with E-state index in [4.69, 9.17) is 0 Å². The Morgan fingerprint density at radius 3 is 2.40 bits per heavy atom. The maximum Gasteiger partial charge on any atom is 0.0883 e. The van der Waals surface area contributed by atoms with Crippen molar-refractivity contribution in [1.82, 2.24) is 0 Å². The maximum absolute atomic E-state index is 2.37. The van der Waals surface area contributed by atoms with E-state index in [2.05, 4.69) is 21.0 Å². The lowest BCUT2D eigenvalue weighted by molar-refractivity contribution is -0.920. The first-order chi connectivity index (χ1) is 4.67. The van der Waals surface area contributed by atoms with Gasteiger partial charge in [-0.1, -0.05) is 6.92 Å². The molecular weight excluding hydrogens is 122 g/mol. The zero-order valence-corrected chi connectivity index (χ0v) is 7.56. The van der Waals surface area contributed by atoms with E-state index in [-0.39, 0.29) is 0 Å². The van der Waals surface area contributed by atoms with Crippen LogP contribution in [0.3, 0.4) is 0 Å². The highest BCUT2D eigenvalue weighted by atomic mass is 15.3. The molecular formula is C9H20N+. The second-order valence-electron chi connectivity index (χ2n) is 4.06. The molecule has 0 spiro atoms. The van der Waals surface area contributed by atoms with Crippen molar-refractivity contribution in [3.05, 3.63) is 0 Å². The summed E-state index contributed by atoms with van der Waals surface area (Å²) in [5.74, 6) is 0. The monoisotopic (exact) mass is 142 g/mol. The van der Waals surface area contributed by atoms with Gasteiger partial charge in [-0.3, -0.25) is 0 Å². The number of quaternary nitrogens is 1. The molecule has 0 aromatic carbocycles. The summed E-state index contributed by atoms with van der Waals surface area (Å²) in [6, 6.07) is 0.939. The Bertz CT molecular complexity index is 107. The second-order valence-corrected chi connectivity index (χ2v) is 4.06. The van der Waals surface area contributed by atoms with Gasteiger partial charge in [0.25, 0.3) is 0 Å². The van der Waals surface area contributed by atoms with Crippen LogP contribution in [0.1, 0.15) is 32.6 Å². The van der Waals surface area contributed by atoms with Gasteiger partial charge in [0.15, 0.2) is 0 Å². The molecule has 0 saturated carbocycles. The zero-order chi connectivity index (χ0) is 7.61. The quantitative estimate of drug-likeness (QED) is 0.491. The SMILES string of the molecule is CC[C@@H]1CCCC[N+]1(C)C. The summed E-state index contributed by atoms with van der Waals surface area (Å²) >= 11 is 0. The molecule has 1 fully saturated rings. The molecule has 0 aromatic rings. The third-order valence-electron chi connectivity index (χ3n) is 2.98. The molecule has 1 aliphatic rings. The van der Waals surface area contributed by atoms with Gasteiger partial charge in [0, 0.05) is 0 Å². The van der Waals surface area contributed by atoms with Gasteiger partial charge >= 0.3 is 0 Å². The van der Waals surface area contributed by atoms with E-state index in [1.54, 1.807) is 0 Å². The summed E-state index contributed by atoms with van der Waals surface area (Å²) in [6.45, 7) is 3.70. The number of piperidine rings is 1. The molecule has 1 atom stereocenters. The van der Waals surface area contributed by atoms with Crippen molar-refractivity contribution in [1.29, 1.82) is 0 Å². The highest BCUT2D eigenvalue weighted by Crippen LogP contribution is 2.23. The molecule has 0 radical (unpaired) electrons. The van der Waals surface area contributed by atoms with Crippen LogP contribution in [0, 0.1) is 0 Å². The van der Waals surface area contributed by atoms with E-state index in [0.717, 1.165) is 6.04 Å². The van der Waals surface area contributed by atoms with Crippen molar-refractivity contribution >= 4 is 0 Å². The van der Waals surface area contributed by atoms with Crippen LogP contribution in [-0.2, 0) is 0 Å². The van der Waals surface area contributed by atoms with Crippen LogP contribution in [0.2, 0.25) is 0 Å². The Morgan fingerprint density at radius 2 is 2.00 bits per heavy atom. The minimum absolute atomic E-state index is 0.939. The Kier molecular flexibility index (Phi) is 2.35. The largest absolute Gasteiger partial charge is 0.326 e. The third kappa shape index (κ3) is 1.51. The molecule has 1 rings (SSSR count). The summed E-state index contributed by atoms with van der Waals surface area (Å²) in [5.41, 5.74) is 0. The van der Waals surface area contributed by atoms with Gasteiger partial charge in [-0.25, -0.2) is 0 Å². The molecule has 0 bridgehead atoms. The van der Waals surface area contributed by atoms with Crippen LogP contribution in [0.5, 0.6) is 0 Å². The van der Waals surface area contributed by atoms with Crippen molar-refractivity contribution in [3.8, 4) is 0 Å². The van der Waals surface area contributed by atoms with Crippen LogP contribution in [0.25, 0.3) is 0 Å². The molecule has 1 heteroatoms. The average molecular weight is 142 g/mol. The van der Waals surface area contributed by atoms with Gasteiger partial charge in [-0.2, -0.15) is 0 Å². The molecule has 1 nitrogen and oxygen atoms in total. The van der Waals surface area contributed by atoms with Crippen LogP contribution in [0.15, 0.2) is 0 Å². The number of rotatable bonds is 1. The first-order valence-corrected chi connectivity index (χ1v) is 4.49. The summed E-state index contributed by atoms with van der Waals surface area (Å²) < 4.78 is 1.26. The molecule has 0 unspecified atom stereocenters. The molecule has 1 saturated heterocycles. The Hall–Kier alpha value is -0.0400. The molecule has 0 aromatic heterocycles. The average Bonchev–Trinajstić information content (AvgIpc) is 1.87. The number of likely N-dealkylation sites (tertiary alicyclic amines) is 1. The number of hydrogen-bond acceptors (Lipinski definition) is 0. The molecule has 0 N–H and O–H groups in total. The van der Waals surface area contributed by atoms with Crippen molar-refractivity contribution in [2.75, 3.05) is 20.6 Å². The molecule has 0 aliphatic carbocycles. The van der Waals surface area contributed by atoms with Gasteiger partial charge in [0.2, 0.25) is 0 Å². The highest BCUT2D eigenvalue weighted by Gasteiger charge is 2.29. The van der Waals surface area contributed by atoms with Gasteiger partial charge < -0.3 is 4.48 Å².